The third-order valence-electron chi connectivity index (χ3n) is 21.3. The van der Waals surface area contributed by atoms with Crippen LogP contribution in [0.15, 0.2) is 0 Å². The SMILES string of the molecule is C.CC(C)CCC(C)(C)C.CC(C)CCC(C)(F)F.CC(C)CCC(C)C.CC(C)CCC(C)C.CC(C)CCC(C)C.CC(C)CCC(C)C.CC(C)CCC(C)F.CC(C)CCCC(C)(C)C.CC(C)CCCC(C)(C)C.CC(C)CCCC(C)(F)F.CC(C)CCCC(C)C.CC(C)CCCC(C)C.CC(C)CCCC(C)C.CC(C)CCCC(C)F.CC(C)CCC[C@H](C)O. The Balaban J connectivity index is -0.0000000795. The molecule has 0 rings (SSSR count). The molecule has 1 nitrogen and oxygen atoms in total. The molecule has 3 atom stereocenters. The predicted octanol–water partition coefficient (Wildman–Crippen LogP) is 49.2. The van der Waals surface area contributed by atoms with Gasteiger partial charge in [0.05, 0.1) is 18.4 Å². The first-order valence-electron chi connectivity index (χ1n) is 57.6. The van der Waals surface area contributed by atoms with Crippen molar-refractivity contribution >= 4 is 0 Å². The maximum Gasteiger partial charge on any atom is 0.245 e. The molecule has 0 fully saturated rings. The first-order chi connectivity index (χ1) is 59.8. The van der Waals surface area contributed by atoms with Gasteiger partial charge in [-0.3, -0.25) is 0 Å². The van der Waals surface area contributed by atoms with Gasteiger partial charge < -0.3 is 5.11 Å². The maximum absolute atomic E-state index is 12.2. The molecule has 0 radical (unpaired) electrons. The minimum Gasteiger partial charge on any atom is -0.393 e. The summed E-state index contributed by atoms with van der Waals surface area (Å²) < 4.78 is 72.7. The quantitative estimate of drug-likeness (QED) is 0.0602. The number of halogens is 6. The third kappa shape index (κ3) is 293. The molecule has 0 aromatic carbocycles. The normalized spacial score (nSPS) is 12.3. The van der Waals surface area contributed by atoms with Crippen LogP contribution in [0, 0.1) is 146 Å². The largest absolute Gasteiger partial charge is 0.393 e. The zero-order chi connectivity index (χ0) is 109. The molecule has 2 unspecified atom stereocenters. The van der Waals surface area contributed by atoms with Gasteiger partial charge in [0.2, 0.25) is 11.8 Å². The van der Waals surface area contributed by atoms with Gasteiger partial charge in [0.15, 0.2) is 0 Å². The van der Waals surface area contributed by atoms with Crippen molar-refractivity contribution in [1.29, 1.82) is 0 Å². The molecule has 0 heterocycles. The van der Waals surface area contributed by atoms with Gasteiger partial charge in [-0.15, -0.1) is 0 Å². The summed E-state index contributed by atoms with van der Waals surface area (Å²) in [5, 5.41) is 8.87. The summed E-state index contributed by atoms with van der Waals surface area (Å²) in [6, 6.07) is 0. The van der Waals surface area contributed by atoms with Gasteiger partial charge in [-0.25, -0.2) is 26.3 Å². The van der Waals surface area contributed by atoms with E-state index in [4.69, 9.17) is 5.11 Å². The summed E-state index contributed by atoms with van der Waals surface area (Å²) in [5.41, 5.74) is 1.61. The second kappa shape index (κ2) is 113. The van der Waals surface area contributed by atoms with Crippen LogP contribution in [-0.4, -0.2) is 35.4 Å². The van der Waals surface area contributed by atoms with E-state index in [0.717, 1.165) is 178 Å². The molecule has 0 amide bonds. The van der Waals surface area contributed by atoms with E-state index in [2.05, 4.69) is 339 Å². The van der Waals surface area contributed by atoms with Crippen LogP contribution in [0.1, 0.15) is 653 Å². The Hall–Kier alpha value is -0.460. The van der Waals surface area contributed by atoms with Crippen molar-refractivity contribution in [1.82, 2.24) is 0 Å². The highest BCUT2D eigenvalue weighted by atomic mass is 19.3. The molecule has 134 heavy (non-hydrogen) atoms. The maximum atomic E-state index is 12.2. The Kier molecular flexibility index (Phi) is 143. The first-order valence-corrected chi connectivity index (χ1v) is 57.6. The molecule has 7 heteroatoms. The van der Waals surface area contributed by atoms with Crippen LogP contribution >= 0.6 is 0 Å². The lowest BCUT2D eigenvalue weighted by atomic mass is 9.88. The van der Waals surface area contributed by atoms with Crippen LogP contribution < -0.4 is 0 Å². The Bertz CT molecular complexity index is 1640. The van der Waals surface area contributed by atoms with E-state index in [-0.39, 0.29) is 26.4 Å². The predicted molar refractivity (Wildman–Crippen MR) is 621 cm³/mol. The number of rotatable bonds is 50. The van der Waals surface area contributed by atoms with Gasteiger partial charge in [0.25, 0.3) is 0 Å². The second-order valence-electron chi connectivity index (χ2n) is 54.2. The molecule has 0 spiro atoms. The van der Waals surface area contributed by atoms with E-state index in [0.29, 0.717) is 46.8 Å². The van der Waals surface area contributed by atoms with Crippen molar-refractivity contribution in [2.75, 3.05) is 0 Å². The smallest absolute Gasteiger partial charge is 0.245 e. The molecular formula is C127H280F6O. The van der Waals surface area contributed by atoms with E-state index >= 15 is 0 Å². The molecule has 1 N–H and O–H groups in total. The number of aliphatic hydroxyl groups excluding tert-OH is 1. The summed E-state index contributed by atoms with van der Waals surface area (Å²) in [6.45, 7) is 127. The summed E-state index contributed by atoms with van der Waals surface area (Å²) in [5.74, 6) is 13.2. The van der Waals surface area contributed by atoms with E-state index in [1.165, 1.54) is 167 Å². The Morgan fingerprint density at radius 2 is 0.276 bits per heavy atom. The Morgan fingerprint density at radius 3 is 0.388 bits per heavy atom. The lowest BCUT2D eigenvalue weighted by Crippen LogP contribution is -2.10. The van der Waals surface area contributed by atoms with Gasteiger partial charge in [-0.1, -0.05) is 548 Å². The molecule has 0 aromatic heterocycles. The fraction of sp³-hybridized carbons (Fsp3) is 1.00. The summed E-state index contributed by atoms with van der Waals surface area (Å²) >= 11 is 0. The van der Waals surface area contributed by atoms with E-state index < -0.39 is 24.2 Å². The first kappa shape index (κ1) is 170. The van der Waals surface area contributed by atoms with Crippen molar-refractivity contribution < 1.29 is 31.4 Å². The van der Waals surface area contributed by atoms with Gasteiger partial charge in [0, 0.05) is 12.8 Å². The standard InChI is InChI=1S/2C10H22.4C9H20.C8H16F2.C8H17F.C8H18O.4C8H18.C7H14F2.C7H15F.CH4/c2*1-9(2)7-6-8-10(3,4)5;1-8(2)6-7-9(3,4)5;3*1-8(2)6-5-7-9(3)4;1-7(2)5-4-6-8(3,9)10;2*1-7(2)5-4-6-8(3)9;4*1-7(2)5-6-8(3)4;1-6(2)4-5-7(3,8)9;1-6(2)4-5-7(3)8;/h2*9H,6-8H2,1-5H3;8H,6-7H2,1-5H3;3*8-9H,5-7H2,1-4H3;7H,4-6H2,1-3H3;7-8H,4-6H2,1-3H3;7-9H,4-6H2,1-3H3;4*7-8H,5-6H2,1-4H3;6H,4-5H2,1-3H3;6-7H,4-5H2,1-3H3;1H4/t;;;;;;;;8-;;;;;;;/m........0......./s1. The van der Waals surface area contributed by atoms with Crippen LogP contribution in [0.5, 0.6) is 0 Å². The van der Waals surface area contributed by atoms with Gasteiger partial charge in [0.1, 0.15) is 0 Å². The van der Waals surface area contributed by atoms with Crippen LogP contribution in [0.4, 0.5) is 26.3 Å². The summed E-state index contributed by atoms with van der Waals surface area (Å²) in [6.07, 6.45) is 43.6. The average Bonchev–Trinajstić information content (AvgIpc) is 0.883. The molecule has 0 aliphatic rings. The fourth-order valence-electron chi connectivity index (χ4n) is 11.8. The lowest BCUT2D eigenvalue weighted by molar-refractivity contribution is 0.00756. The molecule has 0 aliphatic heterocycles. The molecule has 0 bridgehead atoms. The van der Waals surface area contributed by atoms with Gasteiger partial charge in [-0.05, 0) is 239 Å². The van der Waals surface area contributed by atoms with Gasteiger partial charge >= 0.3 is 0 Å². The molecule has 836 valence electrons. The van der Waals surface area contributed by atoms with Crippen LogP contribution in [-0.2, 0) is 0 Å². The van der Waals surface area contributed by atoms with E-state index in [1.807, 2.05) is 34.6 Å². The van der Waals surface area contributed by atoms with Crippen molar-refractivity contribution in [3.05, 3.63) is 0 Å². The van der Waals surface area contributed by atoms with Crippen LogP contribution in [0.25, 0.3) is 0 Å². The van der Waals surface area contributed by atoms with Gasteiger partial charge in [-0.2, -0.15) is 0 Å². The molecule has 0 aromatic rings. The highest BCUT2D eigenvalue weighted by molar-refractivity contribution is 4.66. The van der Waals surface area contributed by atoms with Crippen LogP contribution in [0.2, 0.25) is 0 Å². The zero-order valence-electron chi connectivity index (χ0n) is 105. The van der Waals surface area contributed by atoms with Crippen molar-refractivity contribution in [2.24, 2.45) is 146 Å². The van der Waals surface area contributed by atoms with E-state index in [9.17, 15) is 26.3 Å². The second-order valence-corrected chi connectivity index (χ2v) is 54.2. The summed E-state index contributed by atoms with van der Waals surface area (Å²) in [4.78, 5) is 0. The zero-order valence-corrected chi connectivity index (χ0v) is 105. The van der Waals surface area contributed by atoms with Crippen molar-refractivity contribution in [3.63, 3.8) is 0 Å². The topological polar surface area (TPSA) is 20.2 Å². The highest BCUT2D eigenvalue weighted by Gasteiger charge is 2.21. The molecule has 0 saturated carbocycles. The monoisotopic (exact) mass is 1940 g/mol. The summed E-state index contributed by atoms with van der Waals surface area (Å²) in [7, 11) is 0. The third-order valence-corrected chi connectivity index (χ3v) is 21.3. The fourth-order valence-corrected chi connectivity index (χ4v) is 11.8. The highest BCUT2D eigenvalue weighted by Crippen LogP contribution is 2.28. The Labute approximate surface area is 856 Å². The Morgan fingerprint density at radius 1 is 0.149 bits per heavy atom. The average molecular weight is 1940 g/mol. The molecular weight excluding hydrogens is 1660 g/mol. The molecule has 0 aliphatic carbocycles. The van der Waals surface area contributed by atoms with Crippen molar-refractivity contribution in [3.8, 4) is 0 Å². The van der Waals surface area contributed by atoms with E-state index in [1.54, 1.807) is 13.8 Å². The molecule has 0 saturated heterocycles. The number of aliphatic hydroxyl groups is 1. The number of hydrogen-bond donors (Lipinski definition) is 1. The minimum atomic E-state index is -2.47. The minimum absolute atomic E-state index is 0. The number of hydrogen-bond acceptors (Lipinski definition) is 1. The lowest BCUT2D eigenvalue weighted by Gasteiger charge is -2.18. The van der Waals surface area contributed by atoms with Crippen LogP contribution in [0.3, 0.4) is 0 Å². The number of alkyl halides is 6. The van der Waals surface area contributed by atoms with Crippen molar-refractivity contribution in [2.45, 2.75) is 683 Å².